The van der Waals surface area contributed by atoms with Crippen molar-refractivity contribution < 1.29 is 4.79 Å². The largest absolute Gasteiger partial charge is 0.273 e. The number of benzene rings is 1. The third kappa shape index (κ3) is 6.20. The summed E-state index contributed by atoms with van der Waals surface area (Å²) in [5.74, 6) is -0.0129. The molecule has 0 aliphatic heterocycles. The van der Waals surface area contributed by atoms with E-state index in [-0.39, 0.29) is 5.91 Å². The molecule has 1 aromatic carbocycles. The Morgan fingerprint density at radius 3 is 2.45 bits per heavy atom. The van der Waals surface area contributed by atoms with Gasteiger partial charge in [0.1, 0.15) is 0 Å². The Morgan fingerprint density at radius 2 is 1.85 bits per heavy atom. The molecule has 110 valence electrons. The summed E-state index contributed by atoms with van der Waals surface area (Å²) in [6.07, 6.45) is 5.69. The van der Waals surface area contributed by atoms with E-state index in [0.29, 0.717) is 11.4 Å². The van der Waals surface area contributed by atoms with E-state index in [9.17, 15) is 4.79 Å². The highest BCUT2D eigenvalue weighted by molar-refractivity contribution is 6.30. The molecule has 20 heavy (non-hydrogen) atoms. The number of hydrogen-bond acceptors (Lipinski definition) is 2. The highest BCUT2D eigenvalue weighted by atomic mass is 35.5. The zero-order valence-electron chi connectivity index (χ0n) is 12.3. The van der Waals surface area contributed by atoms with Crippen molar-refractivity contribution in [2.24, 2.45) is 5.10 Å². The summed E-state index contributed by atoms with van der Waals surface area (Å²) in [5, 5.41) is 4.91. The summed E-state index contributed by atoms with van der Waals surface area (Å²) in [6, 6.07) is 7.49. The summed E-state index contributed by atoms with van der Waals surface area (Å²) in [4.78, 5) is 11.7. The number of carbonyl (C=O) groups excluding carboxylic acids is 1. The van der Waals surface area contributed by atoms with Crippen LogP contribution >= 0.6 is 11.6 Å². The average Bonchev–Trinajstić information content (AvgIpc) is 2.46. The van der Waals surface area contributed by atoms with Gasteiger partial charge in [-0.3, -0.25) is 4.79 Å². The van der Waals surface area contributed by atoms with Crippen molar-refractivity contribution in [3.05, 3.63) is 34.9 Å². The fourth-order valence-electron chi connectivity index (χ4n) is 1.89. The minimum absolute atomic E-state index is 0.0129. The quantitative estimate of drug-likeness (QED) is 0.427. The predicted molar refractivity (Wildman–Crippen MR) is 85.2 cm³/mol. The Bertz CT molecular complexity index is 440. The van der Waals surface area contributed by atoms with Crippen molar-refractivity contribution in [2.45, 2.75) is 52.4 Å². The van der Waals surface area contributed by atoms with Crippen LogP contribution in [-0.4, -0.2) is 11.6 Å². The Labute approximate surface area is 126 Å². The van der Waals surface area contributed by atoms with Crippen LogP contribution in [0.1, 0.15) is 57.9 Å². The van der Waals surface area contributed by atoms with Gasteiger partial charge in [0.2, 0.25) is 5.91 Å². The van der Waals surface area contributed by atoms with Crippen LogP contribution in [0.5, 0.6) is 0 Å². The topological polar surface area (TPSA) is 41.5 Å². The van der Waals surface area contributed by atoms with Crippen LogP contribution in [0.2, 0.25) is 5.02 Å². The zero-order chi connectivity index (χ0) is 14.8. The standard InChI is InChI=1S/C16H23ClN2O/c1-3-5-6-7-8-16(20)19-18-15(4-2)13-9-11-14(17)12-10-13/h9-12H,3-8H2,1-2H3,(H,19,20). The van der Waals surface area contributed by atoms with Crippen LogP contribution in [0.4, 0.5) is 0 Å². The van der Waals surface area contributed by atoms with Crippen LogP contribution < -0.4 is 5.43 Å². The summed E-state index contributed by atoms with van der Waals surface area (Å²) in [5.41, 5.74) is 4.49. The third-order valence-electron chi connectivity index (χ3n) is 3.09. The Kier molecular flexibility index (Phi) is 7.97. The fourth-order valence-corrected chi connectivity index (χ4v) is 2.01. The monoisotopic (exact) mass is 294 g/mol. The van der Waals surface area contributed by atoms with Gasteiger partial charge in [-0.1, -0.05) is 56.8 Å². The van der Waals surface area contributed by atoms with Gasteiger partial charge in [0, 0.05) is 11.4 Å². The maximum absolute atomic E-state index is 11.7. The molecule has 1 aromatic rings. The van der Waals surface area contributed by atoms with Crippen LogP contribution in [0.3, 0.4) is 0 Å². The SMILES string of the molecule is CCCCCCC(=O)NN=C(CC)c1ccc(Cl)cc1. The van der Waals surface area contributed by atoms with E-state index in [1.807, 2.05) is 31.2 Å². The Balaban J connectivity index is 2.49. The zero-order valence-corrected chi connectivity index (χ0v) is 13.0. The average molecular weight is 295 g/mol. The minimum Gasteiger partial charge on any atom is -0.273 e. The molecule has 0 fully saturated rings. The first-order chi connectivity index (χ1) is 9.67. The molecular formula is C16H23ClN2O. The van der Waals surface area contributed by atoms with Crippen molar-refractivity contribution in [1.29, 1.82) is 0 Å². The molecule has 0 aromatic heterocycles. The molecule has 0 heterocycles. The molecule has 0 saturated heterocycles. The molecule has 0 bridgehead atoms. The van der Waals surface area contributed by atoms with Gasteiger partial charge in [-0.2, -0.15) is 5.10 Å². The van der Waals surface area contributed by atoms with Gasteiger partial charge in [-0.15, -0.1) is 0 Å². The van der Waals surface area contributed by atoms with Gasteiger partial charge in [0.25, 0.3) is 0 Å². The lowest BCUT2D eigenvalue weighted by atomic mass is 10.1. The number of nitrogens with zero attached hydrogens (tertiary/aromatic N) is 1. The smallest absolute Gasteiger partial charge is 0.240 e. The van der Waals surface area contributed by atoms with Crippen molar-refractivity contribution in [3.8, 4) is 0 Å². The summed E-state index contributed by atoms with van der Waals surface area (Å²) < 4.78 is 0. The number of amides is 1. The first-order valence-electron chi connectivity index (χ1n) is 7.28. The van der Waals surface area contributed by atoms with Crippen LogP contribution in [-0.2, 0) is 4.79 Å². The molecule has 1 rings (SSSR count). The second kappa shape index (κ2) is 9.54. The van der Waals surface area contributed by atoms with E-state index in [4.69, 9.17) is 11.6 Å². The van der Waals surface area contributed by atoms with Crippen molar-refractivity contribution in [3.63, 3.8) is 0 Å². The number of carbonyl (C=O) groups is 1. The Hall–Kier alpha value is -1.35. The van der Waals surface area contributed by atoms with Gasteiger partial charge >= 0.3 is 0 Å². The second-order valence-corrected chi connectivity index (χ2v) is 5.20. The Morgan fingerprint density at radius 1 is 1.15 bits per heavy atom. The van der Waals surface area contributed by atoms with E-state index in [1.54, 1.807) is 0 Å². The highest BCUT2D eigenvalue weighted by Gasteiger charge is 2.03. The van der Waals surface area contributed by atoms with Gasteiger partial charge in [-0.25, -0.2) is 5.43 Å². The van der Waals surface area contributed by atoms with Crippen molar-refractivity contribution in [1.82, 2.24) is 5.43 Å². The lowest BCUT2D eigenvalue weighted by molar-refractivity contribution is -0.121. The van der Waals surface area contributed by atoms with Crippen molar-refractivity contribution in [2.75, 3.05) is 0 Å². The molecule has 3 nitrogen and oxygen atoms in total. The van der Waals surface area contributed by atoms with Gasteiger partial charge in [-0.05, 0) is 30.5 Å². The van der Waals surface area contributed by atoms with Crippen LogP contribution in [0.25, 0.3) is 0 Å². The first-order valence-corrected chi connectivity index (χ1v) is 7.66. The van der Waals surface area contributed by atoms with Crippen molar-refractivity contribution >= 4 is 23.2 Å². The number of hydrazone groups is 1. The van der Waals surface area contributed by atoms with Gasteiger partial charge in [0.15, 0.2) is 0 Å². The van der Waals surface area contributed by atoms with Crippen LogP contribution in [0.15, 0.2) is 29.4 Å². The maximum atomic E-state index is 11.7. The molecule has 0 aliphatic rings. The molecule has 0 saturated carbocycles. The van der Waals surface area contributed by atoms with E-state index in [0.717, 1.165) is 30.5 Å². The maximum Gasteiger partial charge on any atom is 0.240 e. The summed E-state index contributed by atoms with van der Waals surface area (Å²) in [6.45, 7) is 4.17. The highest BCUT2D eigenvalue weighted by Crippen LogP contribution is 2.11. The summed E-state index contributed by atoms with van der Waals surface area (Å²) >= 11 is 5.86. The van der Waals surface area contributed by atoms with Gasteiger partial charge in [0.05, 0.1) is 5.71 Å². The van der Waals surface area contributed by atoms with Gasteiger partial charge < -0.3 is 0 Å². The molecule has 0 atom stereocenters. The summed E-state index contributed by atoms with van der Waals surface area (Å²) in [7, 11) is 0. The van der Waals surface area contributed by atoms with E-state index < -0.39 is 0 Å². The number of nitrogens with one attached hydrogen (secondary N) is 1. The molecule has 0 radical (unpaired) electrons. The number of halogens is 1. The third-order valence-corrected chi connectivity index (χ3v) is 3.34. The predicted octanol–water partition coefficient (Wildman–Crippen LogP) is 4.54. The molecular weight excluding hydrogens is 272 g/mol. The fraction of sp³-hybridized carbons (Fsp3) is 0.500. The number of unbranched alkanes of at least 4 members (excludes halogenated alkanes) is 3. The minimum atomic E-state index is -0.0129. The van der Waals surface area contributed by atoms with E-state index in [2.05, 4.69) is 17.5 Å². The number of hydrogen-bond donors (Lipinski definition) is 1. The second-order valence-electron chi connectivity index (χ2n) is 4.76. The lowest BCUT2D eigenvalue weighted by Gasteiger charge is -2.05. The normalized spacial score (nSPS) is 11.4. The molecule has 0 unspecified atom stereocenters. The molecule has 1 N–H and O–H groups in total. The molecule has 0 aliphatic carbocycles. The number of rotatable bonds is 8. The molecule has 4 heteroatoms. The van der Waals surface area contributed by atoms with E-state index >= 15 is 0 Å². The molecule has 0 spiro atoms. The lowest BCUT2D eigenvalue weighted by Crippen LogP contribution is -2.19. The van der Waals surface area contributed by atoms with Crippen LogP contribution in [0, 0.1) is 0 Å². The first kappa shape index (κ1) is 16.7. The molecule has 1 amide bonds. The van der Waals surface area contributed by atoms with E-state index in [1.165, 1.54) is 12.8 Å².